The van der Waals surface area contributed by atoms with Crippen LogP contribution in [0.25, 0.3) is 11.5 Å². The van der Waals surface area contributed by atoms with Gasteiger partial charge in [0.25, 0.3) is 0 Å². The van der Waals surface area contributed by atoms with Gasteiger partial charge in [0.2, 0.25) is 5.89 Å². The number of anilines is 2. The molecule has 0 aliphatic heterocycles. The number of benzene rings is 2. The Bertz CT molecular complexity index is 718. The number of nitrogens with one attached hydrogen (secondary N) is 1. The van der Waals surface area contributed by atoms with Crippen molar-refractivity contribution in [3.05, 3.63) is 66.1 Å². The number of hydrogen-bond acceptors (Lipinski definition) is 4. The number of aryl methyl sites for hydroxylation is 1. The van der Waals surface area contributed by atoms with Crippen LogP contribution in [0.3, 0.4) is 0 Å². The zero-order valence-corrected chi connectivity index (χ0v) is 11.8. The first-order valence-electron chi connectivity index (χ1n) is 6.81. The molecule has 0 bridgehead atoms. The first kappa shape index (κ1) is 13.2. The summed E-state index contributed by atoms with van der Waals surface area (Å²) < 4.78 is 5.31. The van der Waals surface area contributed by atoms with E-state index in [2.05, 4.69) is 23.3 Å². The van der Waals surface area contributed by atoms with Crippen LogP contribution < -0.4 is 11.1 Å². The van der Waals surface area contributed by atoms with Gasteiger partial charge < -0.3 is 15.5 Å². The molecule has 4 nitrogen and oxygen atoms in total. The Balaban J connectivity index is 1.73. The van der Waals surface area contributed by atoms with E-state index >= 15 is 0 Å². The topological polar surface area (TPSA) is 64.1 Å². The zero-order valence-electron chi connectivity index (χ0n) is 11.8. The Morgan fingerprint density at radius 3 is 2.62 bits per heavy atom. The number of nitrogens with zero attached hydrogens (tertiary/aromatic N) is 1. The van der Waals surface area contributed by atoms with Crippen molar-refractivity contribution in [2.45, 2.75) is 13.5 Å². The molecule has 0 atom stereocenters. The van der Waals surface area contributed by atoms with Gasteiger partial charge in [0.05, 0.1) is 6.20 Å². The highest BCUT2D eigenvalue weighted by Gasteiger charge is 2.05. The number of nitrogens with two attached hydrogens (primary N) is 1. The highest BCUT2D eigenvalue weighted by molar-refractivity contribution is 5.62. The lowest BCUT2D eigenvalue weighted by Gasteiger charge is -2.10. The molecule has 3 N–H and O–H groups in total. The summed E-state index contributed by atoms with van der Waals surface area (Å²) in [5, 5.41) is 3.43. The molecule has 3 aromatic rings. The maximum absolute atomic E-state index is 5.69. The Morgan fingerprint density at radius 2 is 1.95 bits per heavy atom. The number of oxazole rings is 1. The summed E-state index contributed by atoms with van der Waals surface area (Å²) in [7, 11) is 0. The minimum Gasteiger partial charge on any atom is -0.445 e. The lowest BCUT2D eigenvalue weighted by molar-refractivity contribution is 0.574. The maximum Gasteiger partial charge on any atom is 0.225 e. The molecule has 0 saturated carbocycles. The molecule has 2 aromatic carbocycles. The summed E-state index contributed by atoms with van der Waals surface area (Å²) in [5.74, 6) is 0.642. The largest absolute Gasteiger partial charge is 0.445 e. The Morgan fingerprint density at radius 1 is 1.14 bits per heavy atom. The van der Waals surface area contributed by atoms with Crippen molar-refractivity contribution in [2.24, 2.45) is 0 Å². The van der Waals surface area contributed by atoms with E-state index in [0.717, 1.165) is 29.0 Å². The van der Waals surface area contributed by atoms with Crippen molar-refractivity contribution in [3.63, 3.8) is 0 Å². The minimum absolute atomic E-state index is 0.642. The third-order valence-corrected chi connectivity index (χ3v) is 3.37. The standard InChI is InChI=1S/C17H17N3O/c1-12-10-14(17-19-8-9-21-17)4-7-16(12)20-11-13-2-5-15(18)6-3-13/h2-10,20H,11,18H2,1H3. The third kappa shape index (κ3) is 3.05. The predicted octanol–water partition coefficient (Wildman–Crippen LogP) is 3.84. The van der Waals surface area contributed by atoms with Crippen LogP contribution in [-0.4, -0.2) is 4.98 Å². The molecule has 21 heavy (non-hydrogen) atoms. The molecule has 0 aliphatic rings. The van der Waals surface area contributed by atoms with Gasteiger partial charge in [0.15, 0.2) is 0 Å². The molecular weight excluding hydrogens is 262 g/mol. The number of nitrogen functional groups attached to an aromatic ring is 1. The van der Waals surface area contributed by atoms with Gasteiger partial charge in [0, 0.05) is 23.5 Å². The highest BCUT2D eigenvalue weighted by Crippen LogP contribution is 2.24. The van der Waals surface area contributed by atoms with Crippen molar-refractivity contribution in [1.82, 2.24) is 4.98 Å². The summed E-state index contributed by atoms with van der Waals surface area (Å²) in [5.41, 5.74) is 10.9. The second kappa shape index (κ2) is 5.71. The van der Waals surface area contributed by atoms with Gasteiger partial charge in [-0.15, -0.1) is 0 Å². The molecule has 0 unspecified atom stereocenters. The maximum atomic E-state index is 5.69. The fourth-order valence-corrected chi connectivity index (χ4v) is 2.19. The van der Waals surface area contributed by atoms with Crippen molar-refractivity contribution in [1.29, 1.82) is 0 Å². The van der Waals surface area contributed by atoms with E-state index in [1.165, 1.54) is 5.56 Å². The zero-order chi connectivity index (χ0) is 14.7. The molecule has 0 amide bonds. The molecule has 0 spiro atoms. The van der Waals surface area contributed by atoms with Crippen LogP contribution in [0, 0.1) is 6.92 Å². The van der Waals surface area contributed by atoms with Crippen molar-refractivity contribution in [2.75, 3.05) is 11.1 Å². The van der Waals surface area contributed by atoms with Crippen LogP contribution >= 0.6 is 0 Å². The lowest BCUT2D eigenvalue weighted by Crippen LogP contribution is -2.01. The Labute approximate surface area is 123 Å². The van der Waals surface area contributed by atoms with E-state index in [9.17, 15) is 0 Å². The summed E-state index contributed by atoms with van der Waals surface area (Å²) in [6.45, 7) is 2.83. The quantitative estimate of drug-likeness (QED) is 0.712. The molecule has 4 heteroatoms. The van der Waals surface area contributed by atoms with Crippen LogP contribution in [0.1, 0.15) is 11.1 Å². The van der Waals surface area contributed by atoms with E-state index in [1.54, 1.807) is 12.5 Å². The van der Waals surface area contributed by atoms with Gasteiger partial charge in [-0.1, -0.05) is 12.1 Å². The number of aromatic nitrogens is 1. The lowest BCUT2D eigenvalue weighted by atomic mass is 10.1. The van der Waals surface area contributed by atoms with E-state index in [-0.39, 0.29) is 0 Å². The predicted molar refractivity (Wildman–Crippen MR) is 84.9 cm³/mol. The van der Waals surface area contributed by atoms with E-state index in [0.29, 0.717) is 5.89 Å². The second-order valence-electron chi connectivity index (χ2n) is 4.96. The molecule has 0 aliphatic carbocycles. The minimum atomic E-state index is 0.642. The molecule has 1 aromatic heterocycles. The summed E-state index contributed by atoms with van der Waals surface area (Å²) >= 11 is 0. The fraction of sp³-hybridized carbons (Fsp3) is 0.118. The molecule has 0 radical (unpaired) electrons. The van der Waals surface area contributed by atoms with Gasteiger partial charge in [0.1, 0.15) is 6.26 Å². The highest BCUT2D eigenvalue weighted by atomic mass is 16.3. The summed E-state index contributed by atoms with van der Waals surface area (Å²) in [4.78, 5) is 4.16. The van der Waals surface area contributed by atoms with Crippen molar-refractivity contribution in [3.8, 4) is 11.5 Å². The van der Waals surface area contributed by atoms with E-state index < -0.39 is 0 Å². The fourth-order valence-electron chi connectivity index (χ4n) is 2.19. The van der Waals surface area contributed by atoms with E-state index in [1.807, 2.05) is 36.4 Å². The molecule has 3 rings (SSSR count). The number of hydrogen-bond donors (Lipinski definition) is 2. The van der Waals surface area contributed by atoms with Crippen LogP contribution in [-0.2, 0) is 6.54 Å². The third-order valence-electron chi connectivity index (χ3n) is 3.37. The van der Waals surface area contributed by atoms with E-state index in [4.69, 9.17) is 10.2 Å². The normalized spacial score (nSPS) is 10.5. The van der Waals surface area contributed by atoms with Gasteiger partial charge in [-0.3, -0.25) is 0 Å². The first-order chi connectivity index (χ1) is 10.2. The monoisotopic (exact) mass is 279 g/mol. The summed E-state index contributed by atoms with van der Waals surface area (Å²) in [6.07, 6.45) is 3.23. The molecule has 0 saturated heterocycles. The van der Waals surface area contributed by atoms with Crippen molar-refractivity contribution >= 4 is 11.4 Å². The molecular formula is C17H17N3O. The average Bonchev–Trinajstić information content (AvgIpc) is 3.02. The van der Waals surface area contributed by atoms with Gasteiger partial charge >= 0.3 is 0 Å². The SMILES string of the molecule is Cc1cc(-c2ncco2)ccc1NCc1ccc(N)cc1. The van der Waals surface area contributed by atoms with Gasteiger partial charge in [-0.25, -0.2) is 4.98 Å². The first-order valence-corrected chi connectivity index (χ1v) is 6.81. The Hall–Kier alpha value is -2.75. The number of rotatable bonds is 4. The van der Waals surface area contributed by atoms with Crippen molar-refractivity contribution < 1.29 is 4.42 Å². The van der Waals surface area contributed by atoms with Crippen LogP contribution in [0.5, 0.6) is 0 Å². The average molecular weight is 279 g/mol. The Kier molecular flexibility index (Phi) is 3.60. The second-order valence-corrected chi connectivity index (χ2v) is 4.96. The molecule has 106 valence electrons. The van der Waals surface area contributed by atoms with Crippen LogP contribution in [0.2, 0.25) is 0 Å². The van der Waals surface area contributed by atoms with Gasteiger partial charge in [-0.05, 0) is 48.4 Å². The smallest absolute Gasteiger partial charge is 0.225 e. The van der Waals surface area contributed by atoms with Crippen LogP contribution in [0.4, 0.5) is 11.4 Å². The summed E-state index contributed by atoms with van der Waals surface area (Å²) in [6, 6.07) is 14.0. The molecule has 1 heterocycles. The van der Waals surface area contributed by atoms with Crippen LogP contribution in [0.15, 0.2) is 59.3 Å². The van der Waals surface area contributed by atoms with Gasteiger partial charge in [-0.2, -0.15) is 0 Å². The molecule has 0 fully saturated rings.